The standard InChI is InChI=1S/C17H21N5O5/c1-5-21(20(3)4)12-6-7-13(14(10-12)18-11(2)23)19-17(24)15-8-9-16(27-15)22(25)26/h6-10H,5H2,1-4H3,(H,18,23)(H,19,24). The largest absolute Gasteiger partial charge is 0.433 e. The molecule has 0 atom stereocenters. The monoisotopic (exact) mass is 375 g/mol. The first kappa shape index (κ1) is 19.9. The molecule has 0 spiro atoms. The molecule has 1 aromatic heterocycles. The Kier molecular flexibility index (Phi) is 6.14. The van der Waals surface area contributed by atoms with E-state index in [-0.39, 0.29) is 11.7 Å². The molecular weight excluding hydrogens is 354 g/mol. The van der Waals surface area contributed by atoms with E-state index in [1.165, 1.54) is 13.0 Å². The van der Waals surface area contributed by atoms with Gasteiger partial charge in [-0.05, 0) is 31.2 Å². The lowest BCUT2D eigenvalue weighted by Crippen LogP contribution is -2.36. The number of benzene rings is 1. The van der Waals surface area contributed by atoms with Crippen LogP contribution in [0.3, 0.4) is 0 Å². The molecule has 0 aliphatic rings. The normalized spacial score (nSPS) is 10.6. The van der Waals surface area contributed by atoms with Crippen molar-refractivity contribution in [3.8, 4) is 0 Å². The molecule has 27 heavy (non-hydrogen) atoms. The van der Waals surface area contributed by atoms with Crippen molar-refractivity contribution in [2.75, 3.05) is 36.3 Å². The second kappa shape index (κ2) is 8.32. The van der Waals surface area contributed by atoms with Crippen molar-refractivity contribution in [2.45, 2.75) is 13.8 Å². The zero-order valence-electron chi connectivity index (χ0n) is 15.5. The fourth-order valence-corrected chi connectivity index (χ4v) is 2.52. The highest BCUT2D eigenvalue weighted by Crippen LogP contribution is 2.29. The minimum Gasteiger partial charge on any atom is -0.395 e. The summed E-state index contributed by atoms with van der Waals surface area (Å²) in [5, 5.41) is 19.8. The van der Waals surface area contributed by atoms with Crippen LogP contribution in [0, 0.1) is 10.1 Å². The van der Waals surface area contributed by atoms with Gasteiger partial charge in [-0.1, -0.05) is 0 Å². The Hall–Kier alpha value is -3.40. The first-order chi connectivity index (χ1) is 12.7. The van der Waals surface area contributed by atoms with Gasteiger partial charge in [0, 0.05) is 27.6 Å². The quantitative estimate of drug-likeness (QED) is 0.564. The van der Waals surface area contributed by atoms with Crippen LogP contribution in [0.4, 0.5) is 22.9 Å². The van der Waals surface area contributed by atoms with Crippen molar-refractivity contribution in [2.24, 2.45) is 0 Å². The number of furan rings is 1. The molecule has 0 radical (unpaired) electrons. The number of rotatable bonds is 7. The number of nitrogens with one attached hydrogen (secondary N) is 2. The maximum absolute atomic E-state index is 12.3. The van der Waals surface area contributed by atoms with E-state index < -0.39 is 16.7 Å². The third kappa shape index (κ3) is 4.82. The van der Waals surface area contributed by atoms with Crippen molar-refractivity contribution in [1.82, 2.24) is 5.01 Å². The van der Waals surface area contributed by atoms with Crippen molar-refractivity contribution < 1.29 is 18.9 Å². The first-order valence-corrected chi connectivity index (χ1v) is 8.15. The van der Waals surface area contributed by atoms with Gasteiger partial charge in [0.2, 0.25) is 5.91 Å². The van der Waals surface area contributed by atoms with Crippen LogP contribution in [0.15, 0.2) is 34.7 Å². The van der Waals surface area contributed by atoms with Gasteiger partial charge in [-0.15, -0.1) is 0 Å². The predicted molar refractivity (Wildman–Crippen MR) is 101 cm³/mol. The molecule has 10 heteroatoms. The Morgan fingerprint density at radius 3 is 2.37 bits per heavy atom. The molecular formula is C17H21N5O5. The smallest absolute Gasteiger partial charge is 0.395 e. The van der Waals surface area contributed by atoms with Gasteiger partial charge >= 0.3 is 5.88 Å². The van der Waals surface area contributed by atoms with Gasteiger partial charge in [-0.25, -0.2) is 5.01 Å². The van der Waals surface area contributed by atoms with E-state index in [1.54, 1.807) is 18.2 Å². The molecule has 2 rings (SSSR count). The molecule has 2 aromatic rings. The van der Waals surface area contributed by atoms with E-state index in [2.05, 4.69) is 10.6 Å². The summed E-state index contributed by atoms with van der Waals surface area (Å²) in [5.74, 6) is -1.70. The van der Waals surface area contributed by atoms with Crippen LogP contribution in [0.1, 0.15) is 24.4 Å². The molecule has 0 saturated carbocycles. The van der Waals surface area contributed by atoms with Gasteiger partial charge in [0.05, 0.1) is 23.1 Å². The number of nitrogens with zero attached hydrogens (tertiary/aromatic N) is 3. The third-order valence-corrected chi connectivity index (χ3v) is 3.64. The van der Waals surface area contributed by atoms with Crippen LogP contribution in [-0.2, 0) is 4.79 Å². The lowest BCUT2D eigenvalue weighted by atomic mass is 10.2. The minimum atomic E-state index is -0.727. The molecule has 144 valence electrons. The van der Waals surface area contributed by atoms with Crippen molar-refractivity contribution in [1.29, 1.82) is 0 Å². The highest BCUT2D eigenvalue weighted by atomic mass is 16.6. The van der Waals surface area contributed by atoms with Gasteiger partial charge in [-0.3, -0.25) is 19.7 Å². The summed E-state index contributed by atoms with van der Waals surface area (Å²) in [6.07, 6.45) is 0. The number of carbonyl (C=O) groups excluding carboxylic acids is 2. The van der Waals surface area contributed by atoms with E-state index in [0.717, 1.165) is 11.8 Å². The molecule has 0 fully saturated rings. The fraction of sp³-hybridized carbons (Fsp3) is 0.294. The fourth-order valence-electron chi connectivity index (χ4n) is 2.52. The van der Waals surface area contributed by atoms with Crippen LogP contribution in [0.2, 0.25) is 0 Å². The van der Waals surface area contributed by atoms with Crippen LogP contribution >= 0.6 is 0 Å². The van der Waals surface area contributed by atoms with Crippen LogP contribution < -0.4 is 15.6 Å². The molecule has 0 unspecified atom stereocenters. The SMILES string of the molecule is CCN(c1ccc(NC(=O)c2ccc([N+](=O)[O-])o2)c(NC(C)=O)c1)N(C)C. The Morgan fingerprint density at radius 1 is 1.15 bits per heavy atom. The second-order valence-electron chi connectivity index (χ2n) is 5.82. The number of amides is 2. The van der Waals surface area contributed by atoms with Crippen LogP contribution in [0.25, 0.3) is 0 Å². The Labute approximate surface area is 155 Å². The lowest BCUT2D eigenvalue weighted by Gasteiger charge is -2.30. The van der Waals surface area contributed by atoms with Gasteiger partial charge in [-0.2, -0.15) is 0 Å². The maximum Gasteiger partial charge on any atom is 0.433 e. The Balaban J connectivity index is 2.32. The number of anilines is 3. The predicted octanol–water partition coefficient (Wildman–Crippen LogP) is 2.70. The summed E-state index contributed by atoms with van der Waals surface area (Å²) in [7, 11) is 3.78. The van der Waals surface area contributed by atoms with Crippen LogP contribution in [0.5, 0.6) is 0 Å². The molecule has 1 aromatic carbocycles. The van der Waals surface area contributed by atoms with Gasteiger partial charge in [0.1, 0.15) is 4.92 Å². The zero-order chi connectivity index (χ0) is 20.1. The number of carbonyl (C=O) groups is 2. The Morgan fingerprint density at radius 2 is 1.85 bits per heavy atom. The van der Waals surface area contributed by atoms with Crippen molar-refractivity contribution >= 4 is 34.8 Å². The minimum absolute atomic E-state index is 0.206. The molecule has 2 amide bonds. The average Bonchev–Trinajstić information content (AvgIpc) is 3.07. The van der Waals surface area contributed by atoms with Crippen molar-refractivity contribution in [3.05, 3.63) is 46.2 Å². The molecule has 0 aliphatic heterocycles. The number of hydrazine groups is 1. The molecule has 0 bridgehead atoms. The van der Waals surface area contributed by atoms with E-state index >= 15 is 0 Å². The highest BCUT2D eigenvalue weighted by Gasteiger charge is 2.19. The summed E-state index contributed by atoms with van der Waals surface area (Å²) in [5.41, 5.74) is 1.56. The van der Waals surface area contributed by atoms with E-state index in [0.29, 0.717) is 17.9 Å². The third-order valence-electron chi connectivity index (χ3n) is 3.64. The van der Waals surface area contributed by atoms with Gasteiger partial charge in [0.15, 0.2) is 5.76 Å². The number of hydrogen-bond donors (Lipinski definition) is 2. The highest BCUT2D eigenvalue weighted by molar-refractivity contribution is 6.06. The van der Waals surface area contributed by atoms with Crippen LogP contribution in [-0.4, -0.2) is 42.4 Å². The summed E-state index contributed by atoms with van der Waals surface area (Å²) in [4.78, 5) is 33.8. The maximum atomic E-state index is 12.3. The summed E-state index contributed by atoms with van der Waals surface area (Å²) < 4.78 is 4.90. The van der Waals surface area contributed by atoms with E-state index in [1.807, 2.05) is 31.0 Å². The van der Waals surface area contributed by atoms with E-state index in [4.69, 9.17) is 4.42 Å². The average molecular weight is 375 g/mol. The first-order valence-electron chi connectivity index (χ1n) is 8.15. The zero-order valence-corrected chi connectivity index (χ0v) is 15.5. The summed E-state index contributed by atoms with van der Waals surface area (Å²) >= 11 is 0. The second-order valence-corrected chi connectivity index (χ2v) is 5.82. The van der Waals surface area contributed by atoms with Gasteiger partial charge < -0.3 is 20.1 Å². The Bertz CT molecular complexity index is 861. The number of hydrogen-bond acceptors (Lipinski definition) is 7. The molecule has 2 N–H and O–H groups in total. The van der Waals surface area contributed by atoms with E-state index in [9.17, 15) is 19.7 Å². The lowest BCUT2D eigenvalue weighted by molar-refractivity contribution is -0.402. The van der Waals surface area contributed by atoms with Crippen molar-refractivity contribution in [3.63, 3.8) is 0 Å². The molecule has 0 saturated heterocycles. The molecule has 10 nitrogen and oxygen atoms in total. The molecule has 0 aliphatic carbocycles. The summed E-state index contributed by atoms with van der Waals surface area (Å²) in [6, 6.07) is 7.47. The molecule has 1 heterocycles. The number of nitro groups is 1. The summed E-state index contributed by atoms with van der Waals surface area (Å²) in [6.45, 7) is 4.05. The van der Waals surface area contributed by atoms with Gasteiger partial charge in [0.25, 0.3) is 5.91 Å². The topological polar surface area (TPSA) is 121 Å².